The molecule has 1 aromatic heterocycles. The number of carbonyl (C=O) groups is 2. The van der Waals surface area contributed by atoms with Gasteiger partial charge in [0, 0.05) is 44.0 Å². The summed E-state index contributed by atoms with van der Waals surface area (Å²) in [4.78, 5) is 32.8. The number of hydrogen-bond donors (Lipinski definition) is 0. The fraction of sp³-hybridized carbons (Fsp3) is 0.588. The fourth-order valence-corrected chi connectivity index (χ4v) is 3.34. The summed E-state index contributed by atoms with van der Waals surface area (Å²) in [7, 11) is 0. The highest BCUT2D eigenvalue weighted by atomic mass is 16.2. The molecule has 0 bridgehead atoms. The van der Waals surface area contributed by atoms with Crippen molar-refractivity contribution in [3.63, 3.8) is 0 Å². The lowest BCUT2D eigenvalue weighted by atomic mass is 10.1. The van der Waals surface area contributed by atoms with Crippen LogP contribution in [0.2, 0.25) is 0 Å². The molecule has 0 aromatic carbocycles. The van der Waals surface area contributed by atoms with Crippen molar-refractivity contribution in [1.29, 1.82) is 0 Å². The highest BCUT2D eigenvalue weighted by Gasteiger charge is 2.30. The Morgan fingerprint density at radius 1 is 1.05 bits per heavy atom. The van der Waals surface area contributed by atoms with E-state index >= 15 is 0 Å². The van der Waals surface area contributed by atoms with Crippen LogP contribution < -0.4 is 0 Å². The molecule has 0 atom stereocenters. The number of carbonyl (C=O) groups excluding carboxylic acids is 2. The molecule has 3 rings (SSSR count). The van der Waals surface area contributed by atoms with E-state index in [2.05, 4.69) is 4.98 Å². The maximum absolute atomic E-state index is 12.4. The smallest absolute Gasteiger partial charge is 0.255 e. The molecule has 5 heteroatoms. The monoisotopic (exact) mass is 301 g/mol. The lowest BCUT2D eigenvalue weighted by molar-refractivity contribution is -0.136. The second kappa shape index (κ2) is 6.46. The van der Waals surface area contributed by atoms with Crippen molar-refractivity contribution in [3.8, 4) is 0 Å². The molecule has 1 saturated heterocycles. The molecule has 2 fully saturated rings. The first-order chi connectivity index (χ1) is 10.6. The summed E-state index contributed by atoms with van der Waals surface area (Å²) < 4.78 is 0. The van der Waals surface area contributed by atoms with Gasteiger partial charge in [0.15, 0.2) is 0 Å². The minimum atomic E-state index is 0.0143. The zero-order valence-electron chi connectivity index (χ0n) is 13.1. The number of rotatable bonds is 2. The quantitative estimate of drug-likeness (QED) is 0.838. The summed E-state index contributed by atoms with van der Waals surface area (Å²) in [6, 6.07) is 3.67. The molecule has 1 aliphatic carbocycles. The molecule has 118 valence electrons. The molecule has 1 saturated carbocycles. The average Bonchev–Trinajstić information content (AvgIpc) is 3.09. The van der Waals surface area contributed by atoms with Gasteiger partial charge in [0.1, 0.15) is 0 Å². The van der Waals surface area contributed by atoms with Crippen LogP contribution in [0.4, 0.5) is 0 Å². The van der Waals surface area contributed by atoms with Gasteiger partial charge < -0.3 is 9.80 Å². The van der Waals surface area contributed by atoms with E-state index in [1.54, 1.807) is 6.20 Å². The van der Waals surface area contributed by atoms with E-state index in [-0.39, 0.29) is 11.8 Å². The van der Waals surface area contributed by atoms with Gasteiger partial charge in [0.2, 0.25) is 5.91 Å². The topological polar surface area (TPSA) is 53.5 Å². The van der Waals surface area contributed by atoms with Gasteiger partial charge in [-0.25, -0.2) is 0 Å². The largest absolute Gasteiger partial charge is 0.339 e. The number of amides is 2. The van der Waals surface area contributed by atoms with E-state index < -0.39 is 0 Å². The third kappa shape index (κ3) is 3.13. The molecule has 5 nitrogen and oxygen atoms in total. The molecular formula is C17H23N3O2. The predicted molar refractivity (Wildman–Crippen MR) is 83.4 cm³/mol. The van der Waals surface area contributed by atoms with Crippen LogP contribution in [0.1, 0.15) is 41.7 Å². The van der Waals surface area contributed by atoms with Crippen molar-refractivity contribution in [2.45, 2.75) is 32.6 Å². The Bertz CT molecular complexity index is 542. The molecule has 0 radical (unpaired) electrons. The second-order valence-corrected chi connectivity index (χ2v) is 6.29. The van der Waals surface area contributed by atoms with Crippen LogP contribution in [0.3, 0.4) is 0 Å². The van der Waals surface area contributed by atoms with Gasteiger partial charge in [0.05, 0.1) is 5.56 Å². The number of aryl methyl sites for hydroxylation is 1. The number of aromatic nitrogens is 1. The molecule has 2 amide bonds. The van der Waals surface area contributed by atoms with Crippen LogP contribution in [-0.4, -0.2) is 52.8 Å². The molecule has 22 heavy (non-hydrogen) atoms. The summed E-state index contributed by atoms with van der Waals surface area (Å²) in [5, 5.41) is 0. The average molecular weight is 301 g/mol. The first-order valence-electron chi connectivity index (χ1n) is 8.16. The van der Waals surface area contributed by atoms with Gasteiger partial charge in [-0.15, -0.1) is 0 Å². The van der Waals surface area contributed by atoms with E-state index in [1.165, 1.54) is 12.8 Å². The van der Waals surface area contributed by atoms with Crippen LogP contribution in [0.25, 0.3) is 0 Å². The molecular weight excluding hydrogens is 278 g/mol. The van der Waals surface area contributed by atoms with Gasteiger partial charge in [-0.05, 0) is 31.9 Å². The lowest BCUT2D eigenvalue weighted by Gasteiger charge is -2.36. The second-order valence-electron chi connectivity index (χ2n) is 6.29. The summed E-state index contributed by atoms with van der Waals surface area (Å²) in [5.74, 6) is 0.533. The van der Waals surface area contributed by atoms with Crippen LogP contribution in [-0.2, 0) is 4.79 Å². The molecule has 1 aromatic rings. The molecule has 0 N–H and O–H groups in total. The summed E-state index contributed by atoms with van der Waals surface area (Å²) in [6.07, 6.45) is 6.05. The maximum atomic E-state index is 12.4. The van der Waals surface area contributed by atoms with Gasteiger partial charge in [-0.2, -0.15) is 0 Å². The zero-order chi connectivity index (χ0) is 15.5. The first-order valence-corrected chi connectivity index (χ1v) is 8.16. The van der Waals surface area contributed by atoms with Crippen LogP contribution in [0.5, 0.6) is 0 Å². The Morgan fingerprint density at radius 3 is 2.27 bits per heavy atom. The number of hydrogen-bond acceptors (Lipinski definition) is 3. The summed E-state index contributed by atoms with van der Waals surface area (Å²) in [6.45, 7) is 4.44. The molecule has 0 unspecified atom stereocenters. The number of pyridine rings is 1. The third-order valence-corrected chi connectivity index (χ3v) is 4.74. The number of piperazine rings is 1. The Labute approximate surface area is 131 Å². The normalized spacial score (nSPS) is 19.5. The Balaban J connectivity index is 1.56. The standard InChI is InChI=1S/C17H23N3O2/c1-13-6-7-15(12-18-13)17(22)20-10-8-19(9-11-20)16(21)14-4-2-3-5-14/h6-7,12,14H,2-5,8-11H2,1H3. The lowest BCUT2D eigenvalue weighted by Crippen LogP contribution is -2.51. The molecule has 0 spiro atoms. The van der Waals surface area contributed by atoms with Gasteiger partial charge >= 0.3 is 0 Å². The molecule has 2 aliphatic rings. The predicted octanol–water partition coefficient (Wildman–Crippen LogP) is 1.86. The Morgan fingerprint density at radius 2 is 1.68 bits per heavy atom. The van der Waals surface area contributed by atoms with Crippen molar-refractivity contribution >= 4 is 11.8 Å². The summed E-state index contributed by atoms with van der Waals surface area (Å²) >= 11 is 0. The van der Waals surface area contributed by atoms with Crippen LogP contribution in [0.15, 0.2) is 18.3 Å². The Hall–Kier alpha value is -1.91. The minimum Gasteiger partial charge on any atom is -0.339 e. The SMILES string of the molecule is Cc1ccc(C(=O)N2CCN(C(=O)C3CCCC3)CC2)cn1. The zero-order valence-corrected chi connectivity index (χ0v) is 13.1. The van der Waals surface area contributed by atoms with Gasteiger partial charge in [0.25, 0.3) is 5.91 Å². The van der Waals surface area contributed by atoms with Crippen LogP contribution >= 0.6 is 0 Å². The van der Waals surface area contributed by atoms with E-state index in [1.807, 2.05) is 28.9 Å². The third-order valence-electron chi connectivity index (χ3n) is 4.74. The minimum absolute atomic E-state index is 0.0143. The molecule has 1 aliphatic heterocycles. The first kappa shape index (κ1) is 15.0. The van der Waals surface area contributed by atoms with E-state index in [9.17, 15) is 9.59 Å². The van der Waals surface area contributed by atoms with Gasteiger partial charge in [-0.1, -0.05) is 12.8 Å². The van der Waals surface area contributed by atoms with Crippen molar-refractivity contribution in [2.24, 2.45) is 5.92 Å². The maximum Gasteiger partial charge on any atom is 0.255 e. The number of nitrogens with zero attached hydrogens (tertiary/aromatic N) is 3. The Kier molecular flexibility index (Phi) is 4.41. The molecule has 2 heterocycles. The summed E-state index contributed by atoms with van der Waals surface area (Å²) in [5.41, 5.74) is 1.53. The van der Waals surface area contributed by atoms with E-state index in [4.69, 9.17) is 0 Å². The van der Waals surface area contributed by atoms with E-state index in [0.717, 1.165) is 18.5 Å². The van der Waals surface area contributed by atoms with E-state index in [0.29, 0.717) is 37.6 Å². The highest BCUT2D eigenvalue weighted by Crippen LogP contribution is 2.27. The van der Waals surface area contributed by atoms with Gasteiger partial charge in [-0.3, -0.25) is 14.6 Å². The fourth-order valence-electron chi connectivity index (χ4n) is 3.34. The van der Waals surface area contributed by atoms with Crippen molar-refractivity contribution in [2.75, 3.05) is 26.2 Å². The van der Waals surface area contributed by atoms with Crippen LogP contribution in [0, 0.1) is 12.8 Å². The highest BCUT2D eigenvalue weighted by molar-refractivity contribution is 5.94. The van der Waals surface area contributed by atoms with Crippen molar-refractivity contribution in [3.05, 3.63) is 29.6 Å². The van der Waals surface area contributed by atoms with Crippen molar-refractivity contribution < 1.29 is 9.59 Å². The van der Waals surface area contributed by atoms with Crippen molar-refractivity contribution in [1.82, 2.24) is 14.8 Å².